The van der Waals surface area contributed by atoms with Crippen LogP contribution in [-0.2, 0) is 63.5 Å². The van der Waals surface area contributed by atoms with Crippen LogP contribution in [0.5, 0.6) is 11.5 Å². The van der Waals surface area contributed by atoms with Crippen LogP contribution in [0.25, 0.3) is 66.2 Å². The third kappa shape index (κ3) is 21.5. The largest absolute Gasteiger partial charge is 0.491 e. The predicted molar refractivity (Wildman–Crippen MR) is 482 cm³/mol. The lowest BCUT2D eigenvalue weighted by Crippen LogP contribution is -2.17. The fourth-order valence-electron chi connectivity index (χ4n) is 13.3. The number of hydrogen-bond donors (Lipinski definition) is 4. The molecule has 8 aromatic carbocycles. The van der Waals surface area contributed by atoms with Gasteiger partial charge in [-0.1, -0.05) is 109 Å². The zero-order chi connectivity index (χ0) is 91.3. The molecule has 16 aromatic rings. The number of aromatic nitrogens is 12. The number of rotatable bonds is 22. The second-order valence-electron chi connectivity index (χ2n) is 31.6. The van der Waals surface area contributed by atoms with Crippen molar-refractivity contribution in [3.8, 4) is 34.2 Å². The number of alkyl halides is 5. The minimum atomic E-state index is -4.77. The summed E-state index contributed by atoms with van der Waals surface area (Å²) in [6.45, 7) is 23.7. The van der Waals surface area contributed by atoms with Crippen molar-refractivity contribution in [2.24, 2.45) is 0 Å². The molecule has 0 fully saturated rings. The molecule has 0 atom stereocenters. The molecule has 658 valence electrons. The lowest BCUT2D eigenvalue weighted by Gasteiger charge is -2.19. The van der Waals surface area contributed by atoms with Gasteiger partial charge in [-0.3, -0.25) is 38.8 Å². The lowest BCUT2D eigenvalue weighted by atomic mass is 9.87. The summed E-state index contributed by atoms with van der Waals surface area (Å²) in [4.78, 5) is 17.2. The maximum Gasteiger partial charge on any atom is 0.435 e. The van der Waals surface area contributed by atoms with Crippen molar-refractivity contribution in [2.75, 3.05) is 18.9 Å². The number of aryl methyl sites for hydroxylation is 2. The van der Waals surface area contributed by atoms with E-state index in [9.17, 15) is 55.6 Å². The first-order chi connectivity index (χ1) is 60.0. The first kappa shape index (κ1) is 91.5. The molecule has 0 spiro atoms. The molecular weight excluding hydrogens is 1740 g/mol. The van der Waals surface area contributed by atoms with Crippen LogP contribution in [0.3, 0.4) is 0 Å². The topological polar surface area (TPSA) is 326 Å². The van der Waals surface area contributed by atoms with Gasteiger partial charge in [-0.05, 0) is 221 Å². The Kier molecular flexibility index (Phi) is 26.8. The van der Waals surface area contributed by atoms with E-state index in [1.54, 1.807) is 143 Å². The average molecular weight is 1820 g/mol. The molecular formula is C91H88ClF5N16O10S4. The van der Waals surface area contributed by atoms with Crippen molar-refractivity contribution >= 4 is 118 Å². The molecule has 0 bridgehead atoms. The Bertz CT molecular complexity index is 7160. The van der Waals surface area contributed by atoms with Crippen LogP contribution in [0, 0.1) is 6.92 Å². The highest BCUT2D eigenvalue weighted by Crippen LogP contribution is 2.38. The highest BCUT2D eigenvalue weighted by Gasteiger charge is 2.37. The van der Waals surface area contributed by atoms with Gasteiger partial charge in [0.1, 0.15) is 40.5 Å². The molecule has 0 unspecified atom stereocenters. The van der Waals surface area contributed by atoms with Crippen LogP contribution in [-0.4, -0.2) is 105 Å². The predicted octanol–water partition coefficient (Wildman–Crippen LogP) is 20.5. The first-order valence-electron chi connectivity index (χ1n) is 39.7. The van der Waals surface area contributed by atoms with Crippen molar-refractivity contribution in [2.45, 2.75) is 145 Å². The van der Waals surface area contributed by atoms with E-state index in [0.717, 1.165) is 54.2 Å². The molecule has 26 nitrogen and oxygen atoms in total. The molecule has 36 heteroatoms. The van der Waals surface area contributed by atoms with Gasteiger partial charge in [0.25, 0.3) is 46.5 Å². The van der Waals surface area contributed by atoms with Crippen LogP contribution < -0.4 is 28.4 Å². The summed E-state index contributed by atoms with van der Waals surface area (Å²) in [7, 11) is -15.9. The van der Waals surface area contributed by atoms with Crippen LogP contribution >= 0.6 is 11.6 Å². The van der Waals surface area contributed by atoms with Gasteiger partial charge < -0.3 is 9.47 Å². The van der Waals surface area contributed by atoms with Crippen molar-refractivity contribution in [3.05, 3.63) is 300 Å². The standard InChI is InChI=1S/C24H26N4O2S.C23H23ClN4O2S.C22H19F3N4O3S.C22H20F2N4O3S/c1-5-18-16-23(27-31(29,30)19-13-11-17(12-14-19)24(2,3)4)28(26-18)22-10-6-9-21-20(22)8-7-15-25-21;1-15-14-21(27-31(29,30)17-9-7-16(8-10-17)23(2,3)4)28(26-15)20-12-11-19(24)22-18(20)6-5-13-25-22;1-14(2)32-16-6-8-17(9-7-16)33(30,31)28-21-12-20(22(23,24)25)27-29(21)19-5-3-4-15-13-26-11-10-18(15)19;1-14(2)31-15-8-10-16(11-9-15)32(29,30)27-21-13-19(22(23)24)26-28(21)20-7-3-6-18-17(20)5-4-12-25-18/h6-16,27H,5H2,1-4H3;5-14,27H,1-4H3;3-14,28H,1-2H3;3-14,22,27H,1-2H3. The fourth-order valence-corrected chi connectivity index (χ4v) is 17.6. The van der Waals surface area contributed by atoms with E-state index in [1.807, 2.05) is 102 Å². The lowest BCUT2D eigenvalue weighted by molar-refractivity contribution is -0.141. The summed E-state index contributed by atoms with van der Waals surface area (Å²) in [6.07, 6.45) is 0.926. The highest BCUT2D eigenvalue weighted by atomic mass is 35.5. The van der Waals surface area contributed by atoms with Crippen molar-refractivity contribution < 1.29 is 65.1 Å². The Balaban J connectivity index is 0.000000145. The number of benzene rings is 8. The SMILES string of the molecule is CC(C)Oc1ccc(S(=O)(=O)Nc2cc(C(F)(F)F)nn2-c2cccc3cnccc23)cc1.CC(C)Oc1ccc(S(=O)(=O)Nc2cc(C(F)F)nn2-c2cccc3ncccc23)cc1.CCc1cc(NS(=O)(=O)c2ccc(C(C)(C)C)cc2)n(-c2cccc3ncccc23)n1.Cc1cc(NS(=O)(=O)c2ccc(C(C)(C)C)cc2)n(-c2ccc(Cl)c3ncccc23)n1. The Morgan fingerprint density at radius 3 is 1.28 bits per heavy atom. The summed E-state index contributed by atoms with van der Waals surface area (Å²) in [5.74, 6) is 1.26. The van der Waals surface area contributed by atoms with Gasteiger partial charge in [-0.25, -0.2) is 61.2 Å². The Morgan fingerprint density at radius 2 is 0.819 bits per heavy atom. The summed E-state index contributed by atoms with van der Waals surface area (Å²) >= 11 is 6.29. The van der Waals surface area contributed by atoms with Gasteiger partial charge in [0.15, 0.2) is 5.69 Å². The number of nitrogens with one attached hydrogen (secondary N) is 4. The van der Waals surface area contributed by atoms with E-state index in [2.05, 4.69) is 101 Å². The molecule has 0 aliphatic carbocycles. The zero-order valence-corrected chi connectivity index (χ0v) is 74.6. The van der Waals surface area contributed by atoms with E-state index >= 15 is 0 Å². The van der Waals surface area contributed by atoms with Crippen LogP contribution in [0.2, 0.25) is 5.02 Å². The minimum Gasteiger partial charge on any atom is -0.491 e. The minimum absolute atomic E-state index is 0.0421. The molecule has 4 N–H and O–H groups in total. The molecule has 127 heavy (non-hydrogen) atoms. The number of hydrogen-bond acceptors (Lipinski definition) is 18. The second-order valence-corrected chi connectivity index (χ2v) is 38.8. The molecule has 0 aliphatic heterocycles. The Labute approximate surface area is 736 Å². The Hall–Kier alpha value is -13.2. The number of pyridine rings is 4. The number of nitrogens with zero attached hydrogens (tertiary/aromatic N) is 12. The van der Waals surface area contributed by atoms with Crippen molar-refractivity contribution in [1.82, 2.24) is 59.1 Å². The average Bonchev–Trinajstić information content (AvgIpc) is 1.68. The van der Waals surface area contributed by atoms with Gasteiger partial charge in [0.2, 0.25) is 0 Å². The van der Waals surface area contributed by atoms with E-state index in [4.69, 9.17) is 21.1 Å². The summed E-state index contributed by atoms with van der Waals surface area (Å²) in [5, 5.41) is 20.8. The summed E-state index contributed by atoms with van der Waals surface area (Å²) in [5.41, 5.74) is 5.92. The molecule has 0 aliphatic rings. The molecule has 8 heterocycles. The number of halogens is 6. The van der Waals surface area contributed by atoms with Gasteiger partial charge in [-0.2, -0.15) is 33.6 Å². The molecule has 0 radical (unpaired) electrons. The smallest absolute Gasteiger partial charge is 0.435 e. The molecule has 8 aromatic heterocycles. The maximum atomic E-state index is 13.4. The number of sulfonamides is 4. The third-order valence-corrected chi connectivity index (χ3v) is 25.2. The van der Waals surface area contributed by atoms with Gasteiger partial charge in [0.05, 0.1) is 87.5 Å². The maximum absolute atomic E-state index is 13.4. The van der Waals surface area contributed by atoms with E-state index in [-0.39, 0.29) is 59.9 Å². The van der Waals surface area contributed by atoms with E-state index in [1.165, 1.54) is 54.7 Å². The Morgan fingerprint density at radius 1 is 0.417 bits per heavy atom. The quantitative estimate of drug-likeness (QED) is 0.0458. The highest BCUT2D eigenvalue weighted by molar-refractivity contribution is 7.93. The van der Waals surface area contributed by atoms with Crippen LogP contribution in [0.4, 0.5) is 45.2 Å². The second kappa shape index (κ2) is 37.1. The van der Waals surface area contributed by atoms with Crippen molar-refractivity contribution in [1.29, 1.82) is 0 Å². The van der Waals surface area contributed by atoms with Crippen LogP contribution in [0.15, 0.2) is 281 Å². The normalized spacial score (nSPS) is 12.2. The van der Waals surface area contributed by atoms with E-state index in [0.29, 0.717) is 84.9 Å². The first-order valence-corrected chi connectivity index (χ1v) is 46.0. The molecule has 0 amide bonds. The number of anilines is 4. The number of fused-ring (bicyclic) bond motifs is 4. The molecule has 0 saturated carbocycles. The monoisotopic (exact) mass is 1820 g/mol. The summed E-state index contributed by atoms with van der Waals surface area (Å²) < 4.78 is 198. The number of ether oxygens (including phenoxy) is 2. The zero-order valence-electron chi connectivity index (χ0n) is 70.6. The fraction of sp³-hybridized carbons (Fsp3) is 0.209. The van der Waals surface area contributed by atoms with Gasteiger partial charge in [-0.15, -0.1) is 0 Å². The molecule has 16 rings (SSSR count). The van der Waals surface area contributed by atoms with Gasteiger partial charge >= 0.3 is 6.18 Å². The van der Waals surface area contributed by atoms with E-state index < -0.39 is 64.1 Å². The molecule has 0 saturated heterocycles. The summed E-state index contributed by atoms with van der Waals surface area (Å²) in [6, 6.07) is 62.4. The van der Waals surface area contributed by atoms with Gasteiger partial charge in [0, 0.05) is 82.2 Å². The van der Waals surface area contributed by atoms with Crippen LogP contribution in [0.1, 0.15) is 116 Å². The third-order valence-electron chi connectivity index (χ3n) is 19.4. The van der Waals surface area contributed by atoms with Crippen molar-refractivity contribution in [3.63, 3.8) is 0 Å².